The van der Waals surface area contributed by atoms with E-state index in [2.05, 4.69) is 15.0 Å². The van der Waals surface area contributed by atoms with Crippen LogP contribution in [0.2, 0.25) is 0 Å². The molecule has 0 bridgehead atoms. The summed E-state index contributed by atoms with van der Waals surface area (Å²) in [4.78, 5) is 13.6. The van der Waals surface area contributed by atoms with Gasteiger partial charge in [0.05, 0.1) is 0 Å². The normalized spacial score (nSPS) is 12.6. The van der Waals surface area contributed by atoms with Gasteiger partial charge in [-0.2, -0.15) is 8.78 Å². The van der Waals surface area contributed by atoms with E-state index in [4.69, 9.17) is 0 Å². The lowest BCUT2D eigenvalue weighted by Gasteiger charge is -2.15. The zero-order valence-corrected chi connectivity index (χ0v) is 11.5. The van der Waals surface area contributed by atoms with E-state index in [1.807, 2.05) is 13.0 Å². The number of hydrogen-bond donors (Lipinski definition) is 2. The Bertz CT molecular complexity index is 612. The molecule has 108 valence electrons. The van der Waals surface area contributed by atoms with Gasteiger partial charge in [-0.15, -0.1) is 0 Å². The monoisotopic (exact) mass is 300 g/mol. The molecule has 0 aliphatic carbocycles. The quantitative estimate of drug-likeness (QED) is 0.862. The van der Waals surface area contributed by atoms with Crippen LogP contribution < -0.4 is 14.9 Å². The van der Waals surface area contributed by atoms with Crippen LogP contribution in [-0.2, 0) is 6.54 Å². The molecular weight excluding hydrogens is 286 g/mol. The number of alkyl halides is 2. The minimum absolute atomic E-state index is 0.0559. The van der Waals surface area contributed by atoms with Crippen LogP contribution in [0.15, 0.2) is 34.4 Å². The van der Waals surface area contributed by atoms with Crippen molar-refractivity contribution in [1.82, 2.24) is 10.3 Å². The maximum absolute atomic E-state index is 12.2. The van der Waals surface area contributed by atoms with Gasteiger partial charge in [-0.1, -0.05) is 23.5 Å². The lowest BCUT2D eigenvalue weighted by molar-refractivity contribution is -0.0499. The largest absolute Gasteiger partial charge is 0.435 e. The summed E-state index contributed by atoms with van der Waals surface area (Å²) in [6.07, 6.45) is 0. The molecule has 0 fully saturated rings. The van der Waals surface area contributed by atoms with E-state index < -0.39 is 6.61 Å². The van der Waals surface area contributed by atoms with Gasteiger partial charge in [-0.3, -0.25) is 4.79 Å². The van der Waals surface area contributed by atoms with Crippen LogP contribution in [0.1, 0.15) is 24.2 Å². The van der Waals surface area contributed by atoms with Gasteiger partial charge in [0.25, 0.3) is 0 Å². The van der Waals surface area contributed by atoms with Crippen molar-refractivity contribution in [3.05, 3.63) is 50.6 Å². The minimum atomic E-state index is -2.83. The van der Waals surface area contributed by atoms with E-state index in [-0.39, 0.29) is 16.7 Å². The number of thiazole rings is 1. The standard InChI is InChI=1S/C13H14F2N2O2S/c1-8(16-6-10-7-20-13(18)17-10)9-3-2-4-11(5-9)19-12(14)15/h2-5,7-8,12,16H,6H2,1H3,(H,17,18). The molecule has 0 saturated carbocycles. The fourth-order valence-corrected chi connectivity index (χ4v) is 2.32. The van der Waals surface area contributed by atoms with Gasteiger partial charge in [0.2, 0.25) is 0 Å². The molecule has 1 atom stereocenters. The number of aromatic amines is 1. The van der Waals surface area contributed by atoms with Crippen molar-refractivity contribution in [3.63, 3.8) is 0 Å². The number of halogens is 2. The highest BCUT2D eigenvalue weighted by Crippen LogP contribution is 2.20. The Balaban J connectivity index is 1.97. The Morgan fingerprint density at radius 2 is 2.25 bits per heavy atom. The lowest BCUT2D eigenvalue weighted by Crippen LogP contribution is -2.18. The summed E-state index contributed by atoms with van der Waals surface area (Å²) in [5, 5.41) is 4.95. The summed E-state index contributed by atoms with van der Waals surface area (Å²) in [5.41, 5.74) is 1.63. The zero-order chi connectivity index (χ0) is 14.5. The van der Waals surface area contributed by atoms with Gasteiger partial charge in [0, 0.05) is 23.7 Å². The first kappa shape index (κ1) is 14.7. The first-order chi connectivity index (χ1) is 9.54. The number of rotatable bonds is 6. The predicted molar refractivity (Wildman–Crippen MR) is 73.3 cm³/mol. The minimum Gasteiger partial charge on any atom is -0.435 e. The number of hydrogen-bond acceptors (Lipinski definition) is 4. The van der Waals surface area contributed by atoms with Crippen LogP contribution in [0.4, 0.5) is 8.78 Å². The molecule has 1 heterocycles. The second-order valence-corrected chi connectivity index (χ2v) is 5.07. The number of ether oxygens (including phenoxy) is 1. The Morgan fingerprint density at radius 1 is 1.45 bits per heavy atom. The van der Waals surface area contributed by atoms with Crippen molar-refractivity contribution in [1.29, 1.82) is 0 Å². The average molecular weight is 300 g/mol. The van der Waals surface area contributed by atoms with Crippen LogP contribution in [-0.4, -0.2) is 11.6 Å². The molecule has 20 heavy (non-hydrogen) atoms. The molecule has 1 aromatic heterocycles. The first-order valence-electron chi connectivity index (χ1n) is 5.99. The topological polar surface area (TPSA) is 54.1 Å². The van der Waals surface area contributed by atoms with Gasteiger partial charge >= 0.3 is 11.5 Å². The highest BCUT2D eigenvalue weighted by atomic mass is 32.1. The van der Waals surface area contributed by atoms with Gasteiger partial charge in [0.1, 0.15) is 5.75 Å². The first-order valence-corrected chi connectivity index (χ1v) is 6.87. The molecule has 2 aromatic rings. The van der Waals surface area contributed by atoms with E-state index in [1.165, 1.54) is 6.07 Å². The molecule has 7 heteroatoms. The summed E-state index contributed by atoms with van der Waals surface area (Å²) >= 11 is 1.11. The Labute approximate surface area is 118 Å². The van der Waals surface area contributed by atoms with E-state index in [0.29, 0.717) is 6.54 Å². The molecule has 0 spiro atoms. The molecule has 1 aromatic carbocycles. The third-order valence-electron chi connectivity index (χ3n) is 2.75. The van der Waals surface area contributed by atoms with E-state index in [1.54, 1.807) is 17.5 Å². The maximum atomic E-state index is 12.2. The third-order valence-corrected chi connectivity index (χ3v) is 3.47. The van der Waals surface area contributed by atoms with Crippen molar-refractivity contribution in [3.8, 4) is 5.75 Å². The number of H-pyrrole nitrogens is 1. The maximum Gasteiger partial charge on any atom is 0.387 e. The second kappa shape index (κ2) is 6.62. The van der Waals surface area contributed by atoms with E-state index in [9.17, 15) is 13.6 Å². The van der Waals surface area contributed by atoms with E-state index in [0.717, 1.165) is 22.6 Å². The van der Waals surface area contributed by atoms with Crippen LogP contribution in [0.5, 0.6) is 5.75 Å². The fraction of sp³-hybridized carbons (Fsp3) is 0.308. The Hall–Kier alpha value is -1.73. The van der Waals surface area contributed by atoms with Gasteiger partial charge in [0.15, 0.2) is 0 Å². The van der Waals surface area contributed by atoms with Crippen molar-refractivity contribution >= 4 is 11.3 Å². The summed E-state index contributed by atoms with van der Waals surface area (Å²) in [6.45, 7) is -0.421. The number of benzene rings is 1. The van der Waals surface area contributed by atoms with Crippen molar-refractivity contribution in [2.75, 3.05) is 0 Å². The van der Waals surface area contributed by atoms with Gasteiger partial charge in [-0.25, -0.2) is 0 Å². The molecule has 0 radical (unpaired) electrons. The van der Waals surface area contributed by atoms with Crippen LogP contribution in [0.25, 0.3) is 0 Å². The van der Waals surface area contributed by atoms with E-state index >= 15 is 0 Å². The van der Waals surface area contributed by atoms with Gasteiger partial charge in [-0.05, 0) is 24.6 Å². The lowest BCUT2D eigenvalue weighted by atomic mass is 10.1. The fourth-order valence-electron chi connectivity index (χ4n) is 1.74. The summed E-state index contributed by atoms with van der Waals surface area (Å²) < 4.78 is 28.7. The van der Waals surface area contributed by atoms with Crippen molar-refractivity contribution in [2.45, 2.75) is 26.1 Å². The molecule has 0 saturated heterocycles. The molecular formula is C13H14F2N2O2S. The summed E-state index contributed by atoms with van der Waals surface area (Å²) in [6, 6.07) is 6.49. The van der Waals surface area contributed by atoms with Crippen LogP contribution >= 0.6 is 11.3 Å². The summed E-state index contributed by atoms with van der Waals surface area (Å²) in [5.74, 6) is 0.134. The van der Waals surface area contributed by atoms with Crippen molar-refractivity contribution in [2.24, 2.45) is 0 Å². The average Bonchev–Trinajstić information content (AvgIpc) is 2.81. The predicted octanol–water partition coefficient (Wildman–Crippen LogP) is 2.89. The van der Waals surface area contributed by atoms with Crippen LogP contribution in [0, 0.1) is 0 Å². The van der Waals surface area contributed by atoms with Crippen molar-refractivity contribution < 1.29 is 13.5 Å². The smallest absolute Gasteiger partial charge is 0.387 e. The Morgan fingerprint density at radius 3 is 2.90 bits per heavy atom. The molecule has 2 N–H and O–H groups in total. The van der Waals surface area contributed by atoms with Gasteiger partial charge < -0.3 is 15.0 Å². The highest BCUT2D eigenvalue weighted by Gasteiger charge is 2.09. The third kappa shape index (κ3) is 4.14. The summed E-state index contributed by atoms with van der Waals surface area (Å²) in [7, 11) is 0. The molecule has 4 nitrogen and oxygen atoms in total. The second-order valence-electron chi connectivity index (χ2n) is 4.23. The molecule has 1 unspecified atom stereocenters. The van der Waals surface area contributed by atoms with Crippen LogP contribution in [0.3, 0.4) is 0 Å². The molecule has 0 aliphatic rings. The highest BCUT2D eigenvalue weighted by molar-refractivity contribution is 7.07. The molecule has 0 amide bonds. The zero-order valence-electron chi connectivity index (χ0n) is 10.7. The SMILES string of the molecule is CC(NCc1csc(=O)[nH]1)c1cccc(OC(F)F)c1. The number of nitrogens with one attached hydrogen (secondary N) is 2. The molecule has 0 aliphatic heterocycles. The molecule has 2 rings (SSSR count). The number of aromatic nitrogens is 1. The Kier molecular flexibility index (Phi) is 4.86.